The fourth-order valence-electron chi connectivity index (χ4n) is 4.64. The van der Waals surface area contributed by atoms with Gasteiger partial charge in [-0.25, -0.2) is 4.98 Å². The van der Waals surface area contributed by atoms with E-state index in [1.165, 1.54) is 25.7 Å². The number of benzene rings is 1. The van der Waals surface area contributed by atoms with Crippen LogP contribution in [0, 0.1) is 17.2 Å². The van der Waals surface area contributed by atoms with Crippen molar-refractivity contribution in [2.24, 2.45) is 5.92 Å². The summed E-state index contributed by atoms with van der Waals surface area (Å²) in [5, 5.41) is 21.8. The number of aromatic nitrogens is 3. The molecule has 2 aromatic heterocycles. The standard InChI is InChI=1S/C23H24N6/c24-11-17-10-19(16-5-6-20-18(9-16)12-26-28-20)22(15-3-4-15)27-23(17)29-8-7-25-21(13-29)14-1-2-14/h5-6,9-10,12,14-15,21,25H,1-4,7-8,13H2,(H,26,28). The molecule has 6 rings (SSSR count). The molecule has 1 atom stereocenters. The molecule has 1 saturated heterocycles. The fourth-order valence-corrected chi connectivity index (χ4v) is 4.64. The molecule has 0 spiro atoms. The van der Waals surface area contributed by atoms with Gasteiger partial charge in [0.25, 0.3) is 0 Å². The Hall–Kier alpha value is -2.91. The van der Waals surface area contributed by atoms with Gasteiger partial charge >= 0.3 is 0 Å². The number of hydrogen-bond acceptors (Lipinski definition) is 5. The van der Waals surface area contributed by atoms with E-state index in [0.717, 1.165) is 59.1 Å². The van der Waals surface area contributed by atoms with Crippen LogP contribution in [0.25, 0.3) is 22.0 Å². The molecular weight excluding hydrogens is 360 g/mol. The molecule has 2 N–H and O–H groups in total. The molecule has 1 aliphatic heterocycles. The number of nitrogens with one attached hydrogen (secondary N) is 2. The van der Waals surface area contributed by atoms with Gasteiger partial charge in [-0.1, -0.05) is 6.07 Å². The Bertz CT molecular complexity index is 1120. The maximum Gasteiger partial charge on any atom is 0.146 e. The Morgan fingerprint density at radius 3 is 2.83 bits per heavy atom. The summed E-state index contributed by atoms with van der Waals surface area (Å²) in [5.41, 5.74) is 5.09. The van der Waals surface area contributed by atoms with E-state index in [1.807, 2.05) is 6.20 Å². The van der Waals surface area contributed by atoms with Crippen LogP contribution in [0.4, 0.5) is 5.82 Å². The number of nitriles is 1. The summed E-state index contributed by atoms with van der Waals surface area (Å²) in [4.78, 5) is 7.48. The normalized spacial score (nSPS) is 22.0. The Morgan fingerprint density at radius 2 is 2.03 bits per heavy atom. The third-order valence-electron chi connectivity index (χ3n) is 6.56. The number of hydrogen-bond donors (Lipinski definition) is 2. The molecule has 6 nitrogen and oxygen atoms in total. The van der Waals surface area contributed by atoms with E-state index in [1.54, 1.807) is 0 Å². The third kappa shape index (κ3) is 3.06. The van der Waals surface area contributed by atoms with Crippen LogP contribution in [-0.2, 0) is 0 Å². The van der Waals surface area contributed by atoms with Gasteiger partial charge in [0.2, 0.25) is 0 Å². The van der Waals surface area contributed by atoms with Crippen molar-refractivity contribution < 1.29 is 0 Å². The van der Waals surface area contributed by atoms with E-state index >= 15 is 0 Å². The summed E-state index contributed by atoms with van der Waals surface area (Å²) in [5.74, 6) is 2.19. The molecule has 3 heterocycles. The number of anilines is 1. The Kier molecular flexibility index (Phi) is 3.85. The topological polar surface area (TPSA) is 80.6 Å². The summed E-state index contributed by atoms with van der Waals surface area (Å²) in [6, 6.07) is 11.4. The van der Waals surface area contributed by atoms with Gasteiger partial charge < -0.3 is 10.2 Å². The molecule has 3 aromatic rings. The van der Waals surface area contributed by atoms with Gasteiger partial charge in [-0.3, -0.25) is 5.10 Å². The van der Waals surface area contributed by atoms with E-state index in [0.29, 0.717) is 17.5 Å². The lowest BCUT2D eigenvalue weighted by Crippen LogP contribution is -2.52. The third-order valence-corrected chi connectivity index (χ3v) is 6.56. The highest BCUT2D eigenvalue weighted by atomic mass is 15.2. The fraction of sp³-hybridized carbons (Fsp3) is 0.435. The van der Waals surface area contributed by atoms with Crippen molar-refractivity contribution in [3.8, 4) is 17.2 Å². The van der Waals surface area contributed by atoms with Gasteiger partial charge in [0.1, 0.15) is 11.9 Å². The van der Waals surface area contributed by atoms with Crippen LogP contribution in [0.1, 0.15) is 42.9 Å². The molecule has 0 amide bonds. The van der Waals surface area contributed by atoms with Crippen LogP contribution in [0.3, 0.4) is 0 Å². The number of nitrogens with zero attached hydrogens (tertiary/aromatic N) is 4. The quantitative estimate of drug-likeness (QED) is 0.719. The number of fused-ring (bicyclic) bond motifs is 1. The van der Waals surface area contributed by atoms with Crippen LogP contribution in [0.5, 0.6) is 0 Å². The van der Waals surface area contributed by atoms with Gasteiger partial charge in [0.05, 0.1) is 23.0 Å². The van der Waals surface area contributed by atoms with Gasteiger partial charge in [-0.2, -0.15) is 10.4 Å². The molecule has 3 aliphatic rings. The van der Waals surface area contributed by atoms with E-state index < -0.39 is 0 Å². The molecule has 2 aliphatic carbocycles. The first-order valence-corrected chi connectivity index (χ1v) is 10.7. The van der Waals surface area contributed by atoms with E-state index in [-0.39, 0.29) is 0 Å². The monoisotopic (exact) mass is 384 g/mol. The first-order valence-electron chi connectivity index (χ1n) is 10.7. The van der Waals surface area contributed by atoms with Crippen molar-refractivity contribution in [2.45, 2.75) is 37.6 Å². The Labute approximate surface area is 169 Å². The van der Waals surface area contributed by atoms with Crippen LogP contribution >= 0.6 is 0 Å². The smallest absolute Gasteiger partial charge is 0.146 e. The van der Waals surface area contributed by atoms with Crippen LogP contribution < -0.4 is 10.2 Å². The largest absolute Gasteiger partial charge is 0.353 e. The average Bonchev–Trinajstić information content (AvgIpc) is 3.69. The summed E-state index contributed by atoms with van der Waals surface area (Å²) in [6.07, 6.45) is 6.87. The van der Waals surface area contributed by atoms with Gasteiger partial charge in [-0.15, -0.1) is 0 Å². The molecule has 1 unspecified atom stereocenters. The van der Waals surface area contributed by atoms with Crippen molar-refractivity contribution in [1.82, 2.24) is 20.5 Å². The molecule has 29 heavy (non-hydrogen) atoms. The van der Waals surface area contributed by atoms with Crippen LogP contribution in [0.15, 0.2) is 30.5 Å². The van der Waals surface area contributed by atoms with Crippen molar-refractivity contribution in [3.63, 3.8) is 0 Å². The summed E-state index contributed by atoms with van der Waals surface area (Å²) in [6.45, 7) is 2.83. The number of pyridine rings is 1. The predicted molar refractivity (Wildman–Crippen MR) is 113 cm³/mol. The van der Waals surface area contributed by atoms with E-state index in [9.17, 15) is 5.26 Å². The lowest BCUT2D eigenvalue weighted by Gasteiger charge is -2.35. The molecular formula is C23H24N6. The van der Waals surface area contributed by atoms with E-state index in [2.05, 4.69) is 50.7 Å². The minimum absolute atomic E-state index is 0.513. The van der Waals surface area contributed by atoms with Crippen molar-refractivity contribution in [2.75, 3.05) is 24.5 Å². The molecule has 1 aromatic carbocycles. The molecule has 2 saturated carbocycles. The second kappa shape index (κ2) is 6.57. The number of piperazine rings is 1. The van der Waals surface area contributed by atoms with E-state index in [4.69, 9.17) is 4.98 Å². The summed E-state index contributed by atoms with van der Waals surface area (Å²) < 4.78 is 0. The number of H-pyrrole nitrogens is 1. The molecule has 0 radical (unpaired) electrons. The highest BCUT2D eigenvalue weighted by molar-refractivity contribution is 5.85. The average molecular weight is 384 g/mol. The SMILES string of the molecule is N#Cc1cc(-c2ccc3[nH]ncc3c2)c(C2CC2)nc1N1CCNC(C2CC2)C1. The minimum Gasteiger partial charge on any atom is -0.353 e. The van der Waals surface area contributed by atoms with Gasteiger partial charge in [-0.05, 0) is 55.4 Å². The van der Waals surface area contributed by atoms with Crippen molar-refractivity contribution in [1.29, 1.82) is 5.26 Å². The van der Waals surface area contributed by atoms with Gasteiger partial charge in [0, 0.05) is 42.5 Å². The zero-order valence-corrected chi connectivity index (χ0v) is 16.4. The maximum absolute atomic E-state index is 9.94. The Morgan fingerprint density at radius 1 is 1.14 bits per heavy atom. The maximum atomic E-state index is 9.94. The molecule has 0 bridgehead atoms. The number of rotatable bonds is 4. The second-order valence-corrected chi connectivity index (χ2v) is 8.69. The minimum atomic E-state index is 0.513. The van der Waals surface area contributed by atoms with Crippen LogP contribution in [-0.4, -0.2) is 40.9 Å². The first-order chi connectivity index (χ1) is 14.3. The number of aromatic amines is 1. The van der Waals surface area contributed by atoms with Gasteiger partial charge in [0.15, 0.2) is 0 Å². The molecule has 6 heteroatoms. The predicted octanol–water partition coefficient (Wildman–Crippen LogP) is 3.56. The lowest BCUT2D eigenvalue weighted by atomic mass is 9.98. The highest BCUT2D eigenvalue weighted by Crippen LogP contribution is 2.45. The highest BCUT2D eigenvalue weighted by Gasteiger charge is 2.36. The molecule has 3 fully saturated rings. The summed E-state index contributed by atoms with van der Waals surface area (Å²) >= 11 is 0. The summed E-state index contributed by atoms with van der Waals surface area (Å²) in [7, 11) is 0. The Balaban J connectivity index is 1.43. The first kappa shape index (κ1) is 17.0. The van der Waals surface area contributed by atoms with Crippen molar-refractivity contribution >= 4 is 16.7 Å². The second-order valence-electron chi connectivity index (χ2n) is 8.69. The lowest BCUT2D eigenvalue weighted by molar-refractivity contribution is 0.417. The molecule has 146 valence electrons. The van der Waals surface area contributed by atoms with Crippen LogP contribution in [0.2, 0.25) is 0 Å². The zero-order valence-electron chi connectivity index (χ0n) is 16.4. The zero-order chi connectivity index (χ0) is 19.4. The van der Waals surface area contributed by atoms with Crippen molar-refractivity contribution in [3.05, 3.63) is 41.7 Å².